The zero-order valence-corrected chi connectivity index (χ0v) is 8.33. The Kier molecular flexibility index (Phi) is 4.22. The van der Waals surface area contributed by atoms with Crippen molar-refractivity contribution in [3.05, 3.63) is 0 Å². The second-order valence-corrected chi connectivity index (χ2v) is 3.74. The summed E-state index contributed by atoms with van der Waals surface area (Å²) in [5.74, 6) is -0.680. The lowest BCUT2D eigenvalue weighted by atomic mass is 10.00. The van der Waals surface area contributed by atoms with Crippen LogP contribution in [0.4, 0.5) is 0 Å². The Bertz CT molecular complexity index is 170. The molecular weight excluding hydrogens is 166 g/mol. The molecule has 76 valence electrons. The first-order valence-corrected chi connectivity index (χ1v) is 5.20. The highest BCUT2D eigenvalue weighted by molar-refractivity contribution is 5.66. The van der Waals surface area contributed by atoms with Crippen LogP contribution in [0.3, 0.4) is 0 Å². The number of likely N-dealkylation sites (tertiary alicyclic amines) is 1. The molecule has 1 aliphatic heterocycles. The molecule has 0 aromatic rings. The van der Waals surface area contributed by atoms with Crippen LogP contribution in [0.15, 0.2) is 0 Å². The molecule has 0 bridgehead atoms. The maximum absolute atomic E-state index is 10.4. The minimum Gasteiger partial charge on any atom is -0.481 e. The highest BCUT2D eigenvalue weighted by atomic mass is 16.4. The van der Waals surface area contributed by atoms with Gasteiger partial charge in [-0.25, -0.2) is 0 Å². The average Bonchev–Trinajstić information content (AvgIpc) is 2.15. The van der Waals surface area contributed by atoms with Gasteiger partial charge in [0.25, 0.3) is 0 Å². The van der Waals surface area contributed by atoms with Gasteiger partial charge in [-0.1, -0.05) is 13.3 Å². The third kappa shape index (κ3) is 3.35. The number of carboxylic acid groups (broad SMARTS) is 1. The van der Waals surface area contributed by atoms with Gasteiger partial charge in [0.05, 0.1) is 6.42 Å². The van der Waals surface area contributed by atoms with Gasteiger partial charge < -0.3 is 5.11 Å². The largest absolute Gasteiger partial charge is 0.481 e. The van der Waals surface area contributed by atoms with E-state index in [4.69, 9.17) is 5.11 Å². The number of carboxylic acids is 1. The van der Waals surface area contributed by atoms with Crippen molar-refractivity contribution in [1.29, 1.82) is 0 Å². The molecule has 1 fully saturated rings. The van der Waals surface area contributed by atoms with Crippen LogP contribution in [0.2, 0.25) is 0 Å². The van der Waals surface area contributed by atoms with Gasteiger partial charge in [-0.05, 0) is 25.8 Å². The fourth-order valence-electron chi connectivity index (χ4n) is 2.06. The maximum Gasteiger partial charge on any atom is 0.304 e. The summed E-state index contributed by atoms with van der Waals surface area (Å²) in [5, 5.41) is 8.58. The molecule has 0 amide bonds. The first-order valence-electron chi connectivity index (χ1n) is 5.20. The Morgan fingerprint density at radius 1 is 1.54 bits per heavy atom. The van der Waals surface area contributed by atoms with Gasteiger partial charge in [0.2, 0.25) is 0 Å². The maximum atomic E-state index is 10.4. The predicted molar refractivity (Wildman–Crippen MR) is 51.8 cm³/mol. The molecule has 0 aliphatic carbocycles. The quantitative estimate of drug-likeness (QED) is 0.725. The molecule has 0 unspecified atom stereocenters. The number of rotatable bonds is 4. The Morgan fingerprint density at radius 3 is 2.92 bits per heavy atom. The van der Waals surface area contributed by atoms with Crippen molar-refractivity contribution in [2.45, 2.75) is 45.1 Å². The Balaban J connectivity index is 2.31. The number of aliphatic carboxylic acids is 1. The van der Waals surface area contributed by atoms with E-state index >= 15 is 0 Å². The van der Waals surface area contributed by atoms with Crippen molar-refractivity contribution in [3.8, 4) is 0 Å². The van der Waals surface area contributed by atoms with E-state index in [0.29, 0.717) is 6.04 Å². The zero-order valence-electron chi connectivity index (χ0n) is 8.33. The van der Waals surface area contributed by atoms with E-state index in [1.807, 2.05) is 0 Å². The van der Waals surface area contributed by atoms with Gasteiger partial charge in [-0.15, -0.1) is 0 Å². The summed E-state index contributed by atoms with van der Waals surface area (Å²) in [6.07, 6.45) is 5.23. The van der Waals surface area contributed by atoms with Crippen LogP contribution >= 0.6 is 0 Å². The van der Waals surface area contributed by atoms with Gasteiger partial charge in [-0.2, -0.15) is 0 Å². The number of hydrogen-bond donors (Lipinski definition) is 1. The lowest BCUT2D eigenvalue weighted by molar-refractivity contribution is -0.137. The van der Waals surface area contributed by atoms with E-state index in [0.717, 1.165) is 19.5 Å². The molecule has 1 rings (SSSR count). The molecular formula is C10H19NO2. The third-order valence-electron chi connectivity index (χ3n) is 2.83. The molecule has 0 spiro atoms. The molecule has 3 nitrogen and oxygen atoms in total. The van der Waals surface area contributed by atoms with Crippen LogP contribution in [0.5, 0.6) is 0 Å². The standard InChI is InChI=1S/C10H19NO2/c1-2-9-5-3-4-7-11(9)8-6-10(12)13/h9H,2-8H2,1H3,(H,12,13)/t9-/m0/s1. The van der Waals surface area contributed by atoms with Crippen molar-refractivity contribution in [2.75, 3.05) is 13.1 Å². The lowest BCUT2D eigenvalue weighted by Crippen LogP contribution is -2.40. The van der Waals surface area contributed by atoms with Gasteiger partial charge in [-0.3, -0.25) is 9.69 Å². The zero-order chi connectivity index (χ0) is 9.68. The molecule has 0 radical (unpaired) electrons. The van der Waals surface area contributed by atoms with E-state index in [1.54, 1.807) is 0 Å². The first kappa shape index (κ1) is 10.5. The first-order chi connectivity index (χ1) is 6.24. The van der Waals surface area contributed by atoms with Crippen molar-refractivity contribution >= 4 is 5.97 Å². The number of nitrogens with zero attached hydrogens (tertiary/aromatic N) is 1. The fraction of sp³-hybridized carbons (Fsp3) is 0.900. The second-order valence-electron chi connectivity index (χ2n) is 3.74. The highest BCUT2D eigenvalue weighted by Crippen LogP contribution is 2.19. The smallest absolute Gasteiger partial charge is 0.304 e. The van der Waals surface area contributed by atoms with Gasteiger partial charge >= 0.3 is 5.97 Å². The average molecular weight is 185 g/mol. The molecule has 1 N–H and O–H groups in total. The van der Waals surface area contributed by atoms with E-state index < -0.39 is 5.97 Å². The van der Waals surface area contributed by atoms with Crippen LogP contribution in [0, 0.1) is 0 Å². The van der Waals surface area contributed by atoms with Crippen LogP contribution < -0.4 is 0 Å². The Labute approximate surface area is 79.7 Å². The van der Waals surface area contributed by atoms with Gasteiger partial charge in [0.15, 0.2) is 0 Å². The summed E-state index contributed by atoms with van der Waals surface area (Å²) in [6, 6.07) is 0.632. The molecule has 1 heterocycles. The van der Waals surface area contributed by atoms with Crippen LogP contribution in [-0.4, -0.2) is 35.1 Å². The molecule has 3 heteroatoms. The van der Waals surface area contributed by atoms with Crippen molar-refractivity contribution in [3.63, 3.8) is 0 Å². The molecule has 1 atom stereocenters. The molecule has 0 aromatic heterocycles. The third-order valence-corrected chi connectivity index (χ3v) is 2.83. The Morgan fingerprint density at radius 2 is 2.31 bits per heavy atom. The van der Waals surface area contributed by atoms with E-state index in [9.17, 15) is 4.79 Å². The molecule has 13 heavy (non-hydrogen) atoms. The van der Waals surface area contributed by atoms with Gasteiger partial charge in [0, 0.05) is 12.6 Å². The summed E-state index contributed by atoms with van der Waals surface area (Å²) in [4.78, 5) is 12.7. The van der Waals surface area contributed by atoms with Crippen LogP contribution in [-0.2, 0) is 4.79 Å². The monoisotopic (exact) mass is 185 g/mol. The fourth-order valence-corrected chi connectivity index (χ4v) is 2.06. The highest BCUT2D eigenvalue weighted by Gasteiger charge is 2.20. The molecule has 0 aromatic carbocycles. The van der Waals surface area contributed by atoms with E-state index in [1.165, 1.54) is 19.3 Å². The SMILES string of the molecule is CC[C@H]1CCCCN1CCC(=O)O. The number of piperidine rings is 1. The van der Waals surface area contributed by atoms with E-state index in [-0.39, 0.29) is 6.42 Å². The molecule has 1 aliphatic rings. The summed E-state index contributed by atoms with van der Waals surface area (Å²) in [5.41, 5.74) is 0. The summed E-state index contributed by atoms with van der Waals surface area (Å²) < 4.78 is 0. The number of hydrogen-bond acceptors (Lipinski definition) is 2. The minimum absolute atomic E-state index is 0.288. The summed E-state index contributed by atoms with van der Waals surface area (Å²) in [6.45, 7) is 4.00. The van der Waals surface area contributed by atoms with Crippen LogP contribution in [0.1, 0.15) is 39.0 Å². The summed E-state index contributed by atoms with van der Waals surface area (Å²) >= 11 is 0. The second kappa shape index (κ2) is 5.22. The Hall–Kier alpha value is -0.570. The normalized spacial score (nSPS) is 24.5. The molecule has 0 saturated carbocycles. The van der Waals surface area contributed by atoms with E-state index in [2.05, 4.69) is 11.8 Å². The van der Waals surface area contributed by atoms with Gasteiger partial charge in [0.1, 0.15) is 0 Å². The van der Waals surface area contributed by atoms with Crippen molar-refractivity contribution in [1.82, 2.24) is 4.90 Å². The number of carbonyl (C=O) groups is 1. The lowest BCUT2D eigenvalue weighted by Gasteiger charge is -2.34. The van der Waals surface area contributed by atoms with Crippen LogP contribution in [0.25, 0.3) is 0 Å². The predicted octanol–water partition coefficient (Wildman–Crippen LogP) is 1.73. The summed E-state index contributed by atoms with van der Waals surface area (Å²) in [7, 11) is 0. The topological polar surface area (TPSA) is 40.5 Å². The van der Waals surface area contributed by atoms with Crippen molar-refractivity contribution < 1.29 is 9.90 Å². The molecule has 1 saturated heterocycles. The minimum atomic E-state index is -0.680. The van der Waals surface area contributed by atoms with Crippen molar-refractivity contribution in [2.24, 2.45) is 0 Å².